The van der Waals surface area contributed by atoms with Crippen LogP contribution < -0.4 is 0 Å². The largest absolute Gasteiger partial charge is 0.265 e. The van der Waals surface area contributed by atoms with Crippen LogP contribution in [0.1, 0.15) is 23.1 Å². The second-order valence-corrected chi connectivity index (χ2v) is 5.83. The molecular weight excluding hydrogens is 295 g/mol. The monoisotopic (exact) mass is 299 g/mol. The number of hydrogen-bond acceptors (Lipinski definition) is 3. The van der Waals surface area contributed by atoms with Crippen molar-refractivity contribution in [1.29, 1.82) is 5.26 Å². The van der Waals surface area contributed by atoms with Gasteiger partial charge in [-0.05, 0) is 17.7 Å². The van der Waals surface area contributed by atoms with Crippen LogP contribution in [0.2, 0.25) is 0 Å². The molecule has 0 fully saturated rings. The second-order valence-electron chi connectivity index (χ2n) is 3.03. The first kappa shape index (κ1) is 14.2. The maximum Gasteiger partial charge on any atom is 0.265 e. The molecule has 1 aromatic rings. The zero-order valence-corrected chi connectivity index (χ0v) is 10.5. The average molecular weight is 300 g/mol. The molecule has 0 bridgehead atoms. The van der Waals surface area contributed by atoms with Crippen molar-refractivity contribution in [3.8, 4) is 6.07 Å². The molecule has 0 spiro atoms. The van der Waals surface area contributed by atoms with Crippen molar-refractivity contribution >= 4 is 31.3 Å². The molecule has 0 atom stereocenters. The molecule has 17 heavy (non-hydrogen) atoms. The van der Waals surface area contributed by atoms with Crippen LogP contribution in [0.5, 0.6) is 0 Å². The fourth-order valence-corrected chi connectivity index (χ4v) is 2.69. The van der Waals surface area contributed by atoms with Gasteiger partial charge in [-0.1, -0.05) is 0 Å². The van der Waals surface area contributed by atoms with Crippen molar-refractivity contribution < 1.29 is 17.2 Å². The first-order chi connectivity index (χ1) is 7.81. The molecule has 3 nitrogen and oxygen atoms in total. The molecule has 1 rings (SSSR count). The van der Waals surface area contributed by atoms with E-state index in [1.807, 2.05) is 0 Å². The smallest absolute Gasteiger partial charge is 0.207 e. The van der Waals surface area contributed by atoms with E-state index in [9.17, 15) is 17.2 Å². The number of halogens is 4. The lowest BCUT2D eigenvalue weighted by Crippen LogP contribution is -2.01. The fraction of sp³-hybridized carbons (Fsp3) is 0.222. The highest BCUT2D eigenvalue weighted by Gasteiger charge is 2.22. The molecular formula is C9H5Cl2F2NO2S. The van der Waals surface area contributed by atoms with Crippen LogP contribution in [-0.4, -0.2) is 8.42 Å². The second kappa shape index (κ2) is 5.17. The third-order valence-corrected chi connectivity index (χ3v) is 3.69. The summed E-state index contributed by atoms with van der Waals surface area (Å²) in [5.74, 6) is -0.299. The highest BCUT2D eigenvalue weighted by atomic mass is 35.7. The first-order valence-corrected chi connectivity index (χ1v) is 7.01. The van der Waals surface area contributed by atoms with E-state index in [4.69, 9.17) is 27.5 Å². The first-order valence-electron chi connectivity index (χ1n) is 4.17. The molecule has 8 heteroatoms. The van der Waals surface area contributed by atoms with E-state index in [-0.39, 0.29) is 11.4 Å². The summed E-state index contributed by atoms with van der Waals surface area (Å²) >= 11 is 5.46. The maximum atomic E-state index is 12.6. The summed E-state index contributed by atoms with van der Waals surface area (Å²) in [5, 5.41) is 8.67. The molecule has 0 aliphatic rings. The van der Waals surface area contributed by atoms with Gasteiger partial charge in [-0.25, -0.2) is 17.2 Å². The van der Waals surface area contributed by atoms with E-state index in [1.54, 1.807) is 0 Å². The Morgan fingerprint density at radius 1 is 1.41 bits per heavy atom. The molecule has 0 N–H and O–H groups in total. The molecule has 0 aliphatic carbocycles. The molecule has 0 aromatic heterocycles. The zero-order valence-electron chi connectivity index (χ0n) is 8.12. The Hall–Kier alpha value is -0.900. The molecule has 0 radical (unpaired) electrons. The summed E-state index contributed by atoms with van der Waals surface area (Å²) in [6, 6.07) is 3.18. The molecule has 0 saturated heterocycles. The number of nitriles is 1. The minimum atomic E-state index is -4.13. The zero-order chi connectivity index (χ0) is 13.2. The van der Waals surface area contributed by atoms with Crippen LogP contribution in [0.3, 0.4) is 0 Å². The van der Waals surface area contributed by atoms with Crippen molar-refractivity contribution in [2.75, 3.05) is 0 Å². The number of hydrogen-bond donors (Lipinski definition) is 0. The van der Waals surface area contributed by atoms with Gasteiger partial charge in [0.25, 0.3) is 15.5 Å². The standard InChI is InChI=1S/C9H5Cl2F2NO2S/c10-3-5-1-7(9(12)13)6(4-14)2-8(5)17(11,15)16/h1-2,9H,3H2. The predicted octanol–water partition coefficient (Wildman–Crippen LogP) is 3.16. The third-order valence-electron chi connectivity index (χ3n) is 1.99. The van der Waals surface area contributed by atoms with Crippen LogP contribution in [0, 0.1) is 11.3 Å². The lowest BCUT2D eigenvalue weighted by atomic mass is 10.1. The quantitative estimate of drug-likeness (QED) is 0.636. The third kappa shape index (κ3) is 3.06. The summed E-state index contributed by atoms with van der Waals surface area (Å²) in [4.78, 5) is -0.421. The van der Waals surface area contributed by atoms with Crippen molar-refractivity contribution in [2.24, 2.45) is 0 Å². The van der Waals surface area contributed by atoms with Crippen LogP contribution in [-0.2, 0) is 14.9 Å². The Morgan fingerprint density at radius 3 is 2.35 bits per heavy atom. The number of nitrogens with zero attached hydrogens (tertiary/aromatic N) is 1. The minimum absolute atomic E-state index is 0.0593. The van der Waals surface area contributed by atoms with Gasteiger partial charge in [0.05, 0.1) is 16.5 Å². The Balaban J connectivity index is 3.62. The van der Waals surface area contributed by atoms with E-state index in [0.29, 0.717) is 0 Å². The predicted molar refractivity (Wildman–Crippen MR) is 58.7 cm³/mol. The molecule has 0 amide bonds. The summed E-state index contributed by atoms with van der Waals surface area (Å²) in [6.07, 6.45) is -2.89. The van der Waals surface area contributed by atoms with Gasteiger partial charge in [-0.2, -0.15) is 5.26 Å². The Bertz CT molecular complexity index is 581. The molecule has 0 heterocycles. The molecule has 0 aliphatic heterocycles. The Kier molecular flexibility index (Phi) is 4.31. The summed E-state index contributed by atoms with van der Waals surface area (Å²) < 4.78 is 47.5. The van der Waals surface area contributed by atoms with Crippen LogP contribution in [0.25, 0.3) is 0 Å². The number of benzene rings is 1. The number of rotatable bonds is 3. The molecule has 92 valence electrons. The van der Waals surface area contributed by atoms with Crippen molar-refractivity contribution in [2.45, 2.75) is 17.2 Å². The van der Waals surface area contributed by atoms with Crippen LogP contribution in [0.15, 0.2) is 17.0 Å². The van der Waals surface area contributed by atoms with Gasteiger partial charge in [-0.15, -0.1) is 11.6 Å². The van der Waals surface area contributed by atoms with Gasteiger partial charge in [0.1, 0.15) is 0 Å². The minimum Gasteiger partial charge on any atom is -0.207 e. The van der Waals surface area contributed by atoms with Gasteiger partial charge in [0.15, 0.2) is 0 Å². The van der Waals surface area contributed by atoms with E-state index in [2.05, 4.69) is 0 Å². The van der Waals surface area contributed by atoms with E-state index in [1.165, 1.54) is 6.07 Å². The maximum absolute atomic E-state index is 12.6. The van der Waals surface area contributed by atoms with Gasteiger partial charge < -0.3 is 0 Å². The SMILES string of the molecule is N#Cc1cc(S(=O)(=O)Cl)c(CCl)cc1C(F)F. The van der Waals surface area contributed by atoms with Gasteiger partial charge >= 0.3 is 0 Å². The molecule has 0 saturated carbocycles. The van der Waals surface area contributed by atoms with E-state index in [0.717, 1.165) is 12.1 Å². The highest BCUT2D eigenvalue weighted by molar-refractivity contribution is 8.13. The normalized spacial score (nSPS) is 11.5. The fourth-order valence-electron chi connectivity index (χ4n) is 1.25. The number of alkyl halides is 3. The summed E-state index contributed by atoms with van der Waals surface area (Å²) in [7, 11) is 0.991. The van der Waals surface area contributed by atoms with Crippen molar-refractivity contribution in [3.63, 3.8) is 0 Å². The van der Waals surface area contributed by atoms with E-state index >= 15 is 0 Å². The summed E-state index contributed by atoms with van der Waals surface area (Å²) in [5.41, 5.74) is -1.06. The molecule has 1 aromatic carbocycles. The highest BCUT2D eigenvalue weighted by Crippen LogP contribution is 2.30. The topological polar surface area (TPSA) is 57.9 Å². The molecule has 0 unspecified atom stereocenters. The van der Waals surface area contributed by atoms with Crippen molar-refractivity contribution in [3.05, 3.63) is 28.8 Å². The summed E-state index contributed by atoms with van der Waals surface area (Å²) in [6.45, 7) is 0. The van der Waals surface area contributed by atoms with Gasteiger partial charge in [-0.3, -0.25) is 0 Å². The van der Waals surface area contributed by atoms with Crippen LogP contribution in [0.4, 0.5) is 8.78 Å². The average Bonchev–Trinajstić information content (AvgIpc) is 2.25. The Labute approximate surface area is 106 Å². The van der Waals surface area contributed by atoms with Gasteiger partial charge in [0, 0.05) is 22.1 Å². The van der Waals surface area contributed by atoms with Crippen molar-refractivity contribution in [1.82, 2.24) is 0 Å². The van der Waals surface area contributed by atoms with E-state index < -0.39 is 31.5 Å². The lowest BCUT2D eigenvalue weighted by molar-refractivity contribution is 0.151. The lowest BCUT2D eigenvalue weighted by Gasteiger charge is -2.09. The van der Waals surface area contributed by atoms with Gasteiger partial charge in [0.2, 0.25) is 0 Å². The van der Waals surface area contributed by atoms with Crippen LogP contribution >= 0.6 is 22.3 Å². The Morgan fingerprint density at radius 2 is 2.00 bits per heavy atom.